The van der Waals surface area contributed by atoms with Crippen LogP contribution in [-0.2, 0) is 0 Å². The highest BCUT2D eigenvalue weighted by molar-refractivity contribution is 5.93. The van der Waals surface area contributed by atoms with E-state index in [0.717, 1.165) is 41.8 Å². The molecule has 0 aliphatic carbocycles. The van der Waals surface area contributed by atoms with Crippen LogP contribution >= 0.6 is 0 Å². The minimum atomic E-state index is -0.122. The summed E-state index contributed by atoms with van der Waals surface area (Å²) in [6.45, 7) is 6.61. The normalized spacial score (nSPS) is 17.6. The van der Waals surface area contributed by atoms with Gasteiger partial charge in [-0.05, 0) is 52.2 Å². The lowest BCUT2D eigenvalue weighted by Crippen LogP contribution is -2.39. The lowest BCUT2D eigenvalue weighted by Gasteiger charge is -2.34. The molecule has 1 aliphatic heterocycles. The minimum Gasteiger partial charge on any atom is -0.438 e. The summed E-state index contributed by atoms with van der Waals surface area (Å²) >= 11 is 0. The van der Waals surface area contributed by atoms with Crippen molar-refractivity contribution in [3.8, 4) is 0 Å². The Bertz CT molecular complexity index is 960. The first kappa shape index (κ1) is 17.5. The molecule has 4 heterocycles. The molecule has 0 saturated carbocycles. The zero-order chi connectivity index (χ0) is 19.0. The molecule has 0 unspecified atom stereocenters. The quantitative estimate of drug-likeness (QED) is 0.732. The summed E-state index contributed by atoms with van der Waals surface area (Å²) in [7, 11) is 0. The summed E-state index contributed by atoms with van der Waals surface area (Å²) in [5, 5.41) is 11.6. The van der Waals surface area contributed by atoms with Crippen LogP contribution in [0.3, 0.4) is 0 Å². The van der Waals surface area contributed by atoms with Crippen LogP contribution in [0, 0.1) is 6.92 Å². The number of hydrogen-bond acceptors (Lipinski definition) is 6. The van der Waals surface area contributed by atoms with Crippen LogP contribution in [0.15, 0.2) is 22.9 Å². The third-order valence-corrected chi connectivity index (χ3v) is 4.92. The molecule has 1 fully saturated rings. The number of anilines is 1. The van der Waals surface area contributed by atoms with Crippen LogP contribution in [0.1, 0.15) is 61.1 Å². The summed E-state index contributed by atoms with van der Waals surface area (Å²) in [6.07, 6.45) is 4.24. The fourth-order valence-corrected chi connectivity index (χ4v) is 3.61. The third-order valence-electron chi connectivity index (χ3n) is 4.92. The standard InChI is InChI=1S/C19H24N6O2/c1-11(2)21-17-13-7-8-14(22-18(13)24-23-17)15-6-4-5-9-25(15)19(26)16-12(3)20-10-27-16/h7-8,10-11,15H,4-6,9H2,1-3H3,(H2,21,22,23,24)/t15-/m0/s1. The summed E-state index contributed by atoms with van der Waals surface area (Å²) in [4.78, 5) is 23.7. The number of aryl methyl sites for hydroxylation is 1. The van der Waals surface area contributed by atoms with Crippen LogP contribution in [-0.4, -0.2) is 43.6 Å². The van der Waals surface area contributed by atoms with Gasteiger partial charge in [0.05, 0.1) is 22.8 Å². The van der Waals surface area contributed by atoms with Gasteiger partial charge in [-0.2, -0.15) is 5.10 Å². The van der Waals surface area contributed by atoms with Crippen molar-refractivity contribution in [2.75, 3.05) is 11.9 Å². The van der Waals surface area contributed by atoms with Crippen molar-refractivity contribution in [1.82, 2.24) is 25.1 Å². The number of hydrogen-bond donors (Lipinski definition) is 2. The lowest BCUT2D eigenvalue weighted by atomic mass is 9.98. The van der Waals surface area contributed by atoms with E-state index in [9.17, 15) is 4.79 Å². The molecule has 27 heavy (non-hydrogen) atoms. The van der Waals surface area contributed by atoms with Crippen molar-refractivity contribution in [2.24, 2.45) is 0 Å². The Morgan fingerprint density at radius 1 is 1.37 bits per heavy atom. The SMILES string of the molecule is Cc1ncoc1C(=O)N1CCCC[C@H]1c1ccc2c(NC(C)C)n[nH]c2n1. The summed E-state index contributed by atoms with van der Waals surface area (Å²) in [5.41, 5.74) is 2.21. The highest BCUT2D eigenvalue weighted by Crippen LogP contribution is 2.33. The number of carbonyl (C=O) groups is 1. The predicted octanol–water partition coefficient (Wildman–Crippen LogP) is 3.44. The van der Waals surface area contributed by atoms with Crippen molar-refractivity contribution in [3.05, 3.63) is 35.7 Å². The molecule has 0 bridgehead atoms. The average molecular weight is 368 g/mol. The number of amides is 1. The molecule has 1 atom stereocenters. The topological polar surface area (TPSA) is 99.9 Å². The molecule has 1 amide bonds. The molecule has 8 nitrogen and oxygen atoms in total. The van der Waals surface area contributed by atoms with E-state index in [0.29, 0.717) is 18.0 Å². The van der Waals surface area contributed by atoms with Gasteiger partial charge in [0.15, 0.2) is 17.9 Å². The number of nitrogens with one attached hydrogen (secondary N) is 2. The molecule has 0 aromatic carbocycles. The highest BCUT2D eigenvalue weighted by Gasteiger charge is 2.32. The fraction of sp³-hybridized carbons (Fsp3) is 0.474. The monoisotopic (exact) mass is 368 g/mol. The number of oxazole rings is 1. The third kappa shape index (κ3) is 3.27. The van der Waals surface area contributed by atoms with Crippen LogP contribution in [0.5, 0.6) is 0 Å². The van der Waals surface area contributed by atoms with Gasteiger partial charge in [-0.25, -0.2) is 9.97 Å². The van der Waals surface area contributed by atoms with Gasteiger partial charge in [-0.1, -0.05) is 0 Å². The van der Waals surface area contributed by atoms with E-state index >= 15 is 0 Å². The summed E-state index contributed by atoms with van der Waals surface area (Å²) < 4.78 is 5.33. The molecule has 142 valence electrons. The lowest BCUT2D eigenvalue weighted by molar-refractivity contribution is 0.0572. The van der Waals surface area contributed by atoms with E-state index in [1.54, 1.807) is 6.92 Å². The van der Waals surface area contributed by atoms with Crippen molar-refractivity contribution in [3.63, 3.8) is 0 Å². The number of pyridine rings is 1. The van der Waals surface area contributed by atoms with Gasteiger partial charge < -0.3 is 14.6 Å². The van der Waals surface area contributed by atoms with E-state index in [1.807, 2.05) is 17.0 Å². The number of aromatic amines is 1. The Morgan fingerprint density at radius 3 is 2.96 bits per heavy atom. The van der Waals surface area contributed by atoms with Gasteiger partial charge in [0.25, 0.3) is 5.91 Å². The van der Waals surface area contributed by atoms with E-state index in [4.69, 9.17) is 9.40 Å². The molecule has 3 aromatic heterocycles. The molecule has 0 radical (unpaired) electrons. The fourth-order valence-electron chi connectivity index (χ4n) is 3.61. The molecular formula is C19H24N6O2. The Kier molecular flexibility index (Phi) is 4.55. The van der Waals surface area contributed by atoms with E-state index in [1.165, 1.54) is 6.39 Å². The maximum atomic E-state index is 13.0. The smallest absolute Gasteiger partial charge is 0.292 e. The number of aromatic nitrogens is 4. The maximum absolute atomic E-state index is 13.0. The highest BCUT2D eigenvalue weighted by atomic mass is 16.3. The first-order chi connectivity index (χ1) is 13.0. The largest absolute Gasteiger partial charge is 0.438 e. The van der Waals surface area contributed by atoms with E-state index in [2.05, 4.69) is 34.3 Å². The maximum Gasteiger partial charge on any atom is 0.292 e. The van der Waals surface area contributed by atoms with Crippen molar-refractivity contribution in [1.29, 1.82) is 0 Å². The van der Waals surface area contributed by atoms with E-state index < -0.39 is 0 Å². The minimum absolute atomic E-state index is 0.0787. The number of piperidine rings is 1. The predicted molar refractivity (Wildman–Crippen MR) is 102 cm³/mol. The second kappa shape index (κ2) is 7.02. The Labute approximate surface area is 157 Å². The zero-order valence-electron chi connectivity index (χ0n) is 15.8. The van der Waals surface area contributed by atoms with Crippen LogP contribution in [0.2, 0.25) is 0 Å². The number of likely N-dealkylation sites (tertiary alicyclic amines) is 1. The molecule has 3 aromatic rings. The number of fused-ring (bicyclic) bond motifs is 1. The molecule has 2 N–H and O–H groups in total. The summed E-state index contributed by atoms with van der Waals surface area (Å²) in [5.74, 6) is 0.990. The van der Waals surface area contributed by atoms with Crippen LogP contribution in [0.25, 0.3) is 11.0 Å². The number of rotatable bonds is 4. The van der Waals surface area contributed by atoms with Gasteiger partial charge in [0, 0.05) is 12.6 Å². The van der Waals surface area contributed by atoms with Crippen molar-refractivity contribution in [2.45, 2.75) is 52.1 Å². The van der Waals surface area contributed by atoms with Crippen LogP contribution < -0.4 is 5.32 Å². The Balaban J connectivity index is 1.65. The molecular weight excluding hydrogens is 344 g/mol. The van der Waals surface area contributed by atoms with Gasteiger partial charge in [0.1, 0.15) is 0 Å². The van der Waals surface area contributed by atoms with Gasteiger partial charge in [0.2, 0.25) is 5.76 Å². The molecule has 4 rings (SSSR count). The van der Waals surface area contributed by atoms with Crippen molar-refractivity contribution < 1.29 is 9.21 Å². The van der Waals surface area contributed by atoms with Gasteiger partial charge in [-0.3, -0.25) is 9.89 Å². The summed E-state index contributed by atoms with van der Waals surface area (Å²) in [6, 6.07) is 4.22. The van der Waals surface area contributed by atoms with Crippen molar-refractivity contribution >= 4 is 22.8 Å². The van der Waals surface area contributed by atoms with Gasteiger partial charge in [-0.15, -0.1) is 0 Å². The Hall–Kier alpha value is -2.90. The van der Waals surface area contributed by atoms with Crippen LogP contribution in [0.4, 0.5) is 5.82 Å². The number of nitrogens with zero attached hydrogens (tertiary/aromatic N) is 4. The second-order valence-electron chi connectivity index (χ2n) is 7.28. The number of H-pyrrole nitrogens is 1. The molecule has 8 heteroatoms. The van der Waals surface area contributed by atoms with Gasteiger partial charge >= 0.3 is 0 Å². The second-order valence-corrected chi connectivity index (χ2v) is 7.28. The first-order valence-electron chi connectivity index (χ1n) is 9.37. The van der Waals surface area contributed by atoms with E-state index in [-0.39, 0.29) is 18.0 Å². The molecule has 1 aliphatic rings. The zero-order valence-corrected chi connectivity index (χ0v) is 15.8. The molecule has 1 saturated heterocycles. The molecule has 0 spiro atoms. The Morgan fingerprint density at radius 2 is 2.22 bits per heavy atom. The average Bonchev–Trinajstić information content (AvgIpc) is 3.26. The number of carbonyl (C=O) groups excluding carboxylic acids is 1. The first-order valence-corrected chi connectivity index (χ1v) is 9.37.